The van der Waals surface area contributed by atoms with Gasteiger partial charge in [-0.3, -0.25) is 9.59 Å². The van der Waals surface area contributed by atoms with Crippen LogP contribution in [0.2, 0.25) is 0 Å². The third kappa shape index (κ3) is 6.15. The zero-order valence-electron chi connectivity index (χ0n) is 10.1. The molecular weight excluding hydrogens is 252 g/mol. The summed E-state index contributed by atoms with van der Waals surface area (Å²) in [6.07, 6.45) is 0. The van der Waals surface area contributed by atoms with E-state index in [1.807, 2.05) is 0 Å². The number of carbonyl (C=O) groups excluding carboxylic acids is 2. The van der Waals surface area contributed by atoms with Gasteiger partial charge in [0.25, 0.3) is 0 Å². The van der Waals surface area contributed by atoms with Crippen molar-refractivity contribution < 1.29 is 14.7 Å². The maximum Gasteiger partial charge on any atom is 0.230 e. The number of thioether (sulfide) groups is 1. The Morgan fingerprint density at radius 1 is 1.17 bits per heavy atom. The molecule has 0 spiro atoms. The zero-order chi connectivity index (χ0) is 13.4. The summed E-state index contributed by atoms with van der Waals surface area (Å²) in [7, 11) is 0. The van der Waals surface area contributed by atoms with E-state index in [9.17, 15) is 9.59 Å². The molecule has 1 aromatic rings. The van der Waals surface area contributed by atoms with E-state index in [1.54, 1.807) is 24.3 Å². The van der Waals surface area contributed by atoms with E-state index in [4.69, 9.17) is 5.11 Å². The Morgan fingerprint density at radius 3 is 2.39 bits per heavy atom. The fourth-order valence-corrected chi connectivity index (χ4v) is 1.91. The third-order valence-electron chi connectivity index (χ3n) is 2.03. The molecule has 2 amide bonds. The molecule has 0 radical (unpaired) electrons. The highest BCUT2D eigenvalue weighted by atomic mass is 32.2. The largest absolute Gasteiger partial charge is 0.508 e. The van der Waals surface area contributed by atoms with E-state index < -0.39 is 0 Å². The molecule has 6 heteroatoms. The average molecular weight is 268 g/mol. The number of carbonyl (C=O) groups is 2. The van der Waals surface area contributed by atoms with Gasteiger partial charge < -0.3 is 15.7 Å². The van der Waals surface area contributed by atoms with Gasteiger partial charge in [-0.15, -0.1) is 11.8 Å². The quantitative estimate of drug-likeness (QED) is 0.525. The van der Waals surface area contributed by atoms with Crippen molar-refractivity contribution >= 4 is 23.6 Å². The first-order chi connectivity index (χ1) is 8.58. The van der Waals surface area contributed by atoms with Crippen LogP contribution in [-0.2, 0) is 9.59 Å². The van der Waals surface area contributed by atoms with Crippen molar-refractivity contribution in [2.45, 2.75) is 11.8 Å². The van der Waals surface area contributed by atoms with Crippen LogP contribution < -0.4 is 10.6 Å². The molecule has 0 heterocycles. The number of rotatable bonds is 6. The topological polar surface area (TPSA) is 78.4 Å². The molecule has 0 aliphatic rings. The van der Waals surface area contributed by atoms with Gasteiger partial charge in [0.1, 0.15) is 5.75 Å². The van der Waals surface area contributed by atoms with Crippen LogP contribution in [-0.4, -0.2) is 35.8 Å². The van der Waals surface area contributed by atoms with Gasteiger partial charge in [0.15, 0.2) is 0 Å². The van der Waals surface area contributed by atoms with Gasteiger partial charge in [0, 0.05) is 24.9 Å². The van der Waals surface area contributed by atoms with Crippen LogP contribution in [0.15, 0.2) is 29.2 Å². The van der Waals surface area contributed by atoms with Crippen LogP contribution in [0.4, 0.5) is 0 Å². The minimum atomic E-state index is -0.109. The van der Waals surface area contributed by atoms with Crippen molar-refractivity contribution in [3.05, 3.63) is 24.3 Å². The Balaban J connectivity index is 2.17. The van der Waals surface area contributed by atoms with Gasteiger partial charge in [0.2, 0.25) is 11.8 Å². The molecule has 0 aromatic heterocycles. The molecule has 98 valence electrons. The highest BCUT2D eigenvalue weighted by Gasteiger charge is 2.02. The number of phenolic OH excluding ortho intramolecular Hbond substituents is 1. The Kier molecular flexibility index (Phi) is 6.07. The van der Waals surface area contributed by atoms with Gasteiger partial charge in [-0.05, 0) is 24.3 Å². The summed E-state index contributed by atoms with van der Waals surface area (Å²) in [6, 6.07) is 6.67. The third-order valence-corrected chi connectivity index (χ3v) is 3.04. The lowest BCUT2D eigenvalue weighted by molar-refractivity contribution is -0.120. The summed E-state index contributed by atoms with van der Waals surface area (Å²) in [4.78, 5) is 22.9. The van der Waals surface area contributed by atoms with Gasteiger partial charge >= 0.3 is 0 Å². The summed E-state index contributed by atoms with van der Waals surface area (Å²) in [5.41, 5.74) is 0. The minimum Gasteiger partial charge on any atom is -0.508 e. The van der Waals surface area contributed by atoms with Crippen molar-refractivity contribution in [1.29, 1.82) is 0 Å². The lowest BCUT2D eigenvalue weighted by atomic mass is 10.3. The molecule has 18 heavy (non-hydrogen) atoms. The van der Waals surface area contributed by atoms with E-state index in [2.05, 4.69) is 10.6 Å². The van der Waals surface area contributed by atoms with Gasteiger partial charge in [-0.1, -0.05) is 0 Å². The van der Waals surface area contributed by atoms with Gasteiger partial charge in [-0.25, -0.2) is 0 Å². The first-order valence-electron chi connectivity index (χ1n) is 5.51. The van der Waals surface area contributed by atoms with Crippen LogP contribution >= 0.6 is 11.8 Å². The highest BCUT2D eigenvalue weighted by Crippen LogP contribution is 2.20. The second-order valence-corrected chi connectivity index (χ2v) is 4.66. The van der Waals surface area contributed by atoms with Crippen molar-refractivity contribution in [2.75, 3.05) is 18.8 Å². The molecule has 0 saturated heterocycles. The maximum absolute atomic E-state index is 11.4. The normalized spacial score (nSPS) is 9.83. The Bertz CT molecular complexity index is 406. The smallest absolute Gasteiger partial charge is 0.230 e. The predicted molar refractivity (Wildman–Crippen MR) is 70.5 cm³/mol. The zero-order valence-corrected chi connectivity index (χ0v) is 10.9. The first kappa shape index (κ1) is 14.4. The van der Waals surface area contributed by atoms with Crippen molar-refractivity contribution in [3.8, 4) is 5.75 Å². The molecule has 1 aromatic carbocycles. The number of hydrogen-bond acceptors (Lipinski definition) is 4. The lowest BCUT2D eigenvalue weighted by Crippen LogP contribution is -2.34. The molecule has 0 saturated carbocycles. The predicted octanol–water partition coefficient (Wildman–Crippen LogP) is 0.737. The van der Waals surface area contributed by atoms with Crippen molar-refractivity contribution in [2.24, 2.45) is 0 Å². The molecular formula is C12H16N2O3S. The molecule has 0 aliphatic heterocycles. The minimum absolute atomic E-state index is 0.0848. The number of nitrogens with one attached hydrogen (secondary N) is 2. The second kappa shape index (κ2) is 7.60. The van der Waals surface area contributed by atoms with Crippen LogP contribution in [0.5, 0.6) is 5.75 Å². The summed E-state index contributed by atoms with van der Waals surface area (Å²) in [5.74, 6) is 0.324. The Morgan fingerprint density at radius 2 is 1.78 bits per heavy atom. The molecule has 0 bridgehead atoms. The summed E-state index contributed by atoms with van der Waals surface area (Å²) in [5, 5.41) is 14.4. The number of aromatic hydroxyl groups is 1. The van der Waals surface area contributed by atoms with E-state index in [-0.39, 0.29) is 17.6 Å². The molecule has 0 unspecified atom stereocenters. The highest BCUT2D eigenvalue weighted by molar-refractivity contribution is 8.00. The molecule has 1 rings (SSSR count). The summed E-state index contributed by atoms with van der Waals surface area (Å²) in [6.45, 7) is 2.29. The Labute approximate surface area is 110 Å². The van der Waals surface area contributed by atoms with E-state index >= 15 is 0 Å². The monoisotopic (exact) mass is 268 g/mol. The molecule has 0 aliphatic carbocycles. The summed E-state index contributed by atoms with van der Waals surface area (Å²) >= 11 is 1.39. The molecule has 5 nitrogen and oxygen atoms in total. The summed E-state index contributed by atoms with van der Waals surface area (Å²) < 4.78 is 0. The maximum atomic E-state index is 11.4. The number of amides is 2. The average Bonchev–Trinajstić information content (AvgIpc) is 2.34. The first-order valence-corrected chi connectivity index (χ1v) is 6.49. The number of hydrogen-bond donors (Lipinski definition) is 3. The van der Waals surface area contributed by atoms with Crippen LogP contribution in [0.25, 0.3) is 0 Å². The van der Waals surface area contributed by atoms with E-state index in [0.717, 1.165) is 4.90 Å². The van der Waals surface area contributed by atoms with Crippen molar-refractivity contribution in [1.82, 2.24) is 10.6 Å². The number of phenols is 1. The SMILES string of the molecule is CC(=O)NCCNC(=O)CSc1ccc(O)cc1. The lowest BCUT2D eigenvalue weighted by Gasteiger charge is -2.05. The van der Waals surface area contributed by atoms with Gasteiger partial charge in [0.05, 0.1) is 5.75 Å². The molecule has 3 N–H and O–H groups in total. The van der Waals surface area contributed by atoms with E-state index in [1.165, 1.54) is 18.7 Å². The van der Waals surface area contributed by atoms with Crippen LogP contribution in [0.3, 0.4) is 0 Å². The molecule has 0 fully saturated rings. The number of benzene rings is 1. The Hall–Kier alpha value is -1.69. The van der Waals surface area contributed by atoms with Crippen LogP contribution in [0.1, 0.15) is 6.92 Å². The van der Waals surface area contributed by atoms with E-state index in [0.29, 0.717) is 18.8 Å². The van der Waals surface area contributed by atoms with Gasteiger partial charge in [-0.2, -0.15) is 0 Å². The fraction of sp³-hybridized carbons (Fsp3) is 0.333. The fourth-order valence-electron chi connectivity index (χ4n) is 1.18. The molecule has 0 atom stereocenters. The van der Waals surface area contributed by atoms with Crippen LogP contribution in [0, 0.1) is 0 Å². The second-order valence-electron chi connectivity index (χ2n) is 3.62. The standard InChI is InChI=1S/C12H16N2O3S/c1-9(15)13-6-7-14-12(17)8-18-11-4-2-10(16)3-5-11/h2-5,16H,6-8H2,1H3,(H,13,15)(H,14,17). The van der Waals surface area contributed by atoms with Crippen molar-refractivity contribution in [3.63, 3.8) is 0 Å².